The Bertz CT molecular complexity index is 205. The molecule has 0 aromatic carbocycles. The predicted molar refractivity (Wildman–Crippen MR) is 86.1 cm³/mol. The van der Waals surface area contributed by atoms with Crippen molar-refractivity contribution in [1.82, 2.24) is 15.1 Å². The van der Waals surface area contributed by atoms with Gasteiger partial charge in [-0.3, -0.25) is 9.69 Å². The van der Waals surface area contributed by atoms with E-state index in [1.165, 1.54) is 0 Å². The molecule has 1 saturated heterocycles. The summed E-state index contributed by atoms with van der Waals surface area (Å²) in [6.07, 6.45) is 1.09. The molecule has 1 fully saturated rings. The van der Waals surface area contributed by atoms with Crippen molar-refractivity contribution in [1.29, 1.82) is 0 Å². The molecular weight excluding hydrogens is 254 g/mol. The summed E-state index contributed by atoms with van der Waals surface area (Å²) in [6, 6.07) is 0. The van der Waals surface area contributed by atoms with Gasteiger partial charge in [0.05, 0.1) is 6.54 Å². The molecule has 1 aliphatic rings. The van der Waals surface area contributed by atoms with Gasteiger partial charge in [0.15, 0.2) is 0 Å². The van der Waals surface area contributed by atoms with Crippen LogP contribution in [0, 0.1) is 0 Å². The minimum absolute atomic E-state index is 0.104. The Morgan fingerprint density at radius 3 is 2.00 bits per heavy atom. The summed E-state index contributed by atoms with van der Waals surface area (Å²) < 4.78 is 5.03. The Hall–Kier alpha value is -0.650. The highest BCUT2D eigenvalue weighted by Crippen LogP contribution is 2.02. The zero-order chi connectivity index (χ0) is 15.8. The minimum atomic E-state index is 0.104. The Labute approximate surface area is 125 Å². The average molecular weight is 289 g/mol. The Kier molecular flexibility index (Phi) is 17.8. The van der Waals surface area contributed by atoms with Gasteiger partial charge in [-0.05, 0) is 6.42 Å². The number of rotatable bonds is 6. The molecule has 1 heterocycles. The number of likely N-dealkylation sites (N-methyl/N-ethyl adjacent to an activating group) is 1. The Morgan fingerprint density at radius 1 is 1.05 bits per heavy atom. The van der Waals surface area contributed by atoms with E-state index in [2.05, 4.69) is 15.1 Å². The van der Waals surface area contributed by atoms with Crippen molar-refractivity contribution in [3.05, 3.63) is 0 Å². The third-order valence-electron chi connectivity index (χ3n) is 2.93. The number of nitrogens with zero attached hydrogens (tertiary/aromatic N) is 2. The normalized spacial score (nSPS) is 15.5. The molecule has 0 aromatic rings. The highest BCUT2D eigenvalue weighted by molar-refractivity contribution is 5.77. The van der Waals surface area contributed by atoms with Crippen molar-refractivity contribution in [2.24, 2.45) is 0 Å². The molecule has 5 heteroatoms. The van der Waals surface area contributed by atoms with Gasteiger partial charge in [-0.25, -0.2) is 0 Å². The molecule has 1 amide bonds. The fourth-order valence-electron chi connectivity index (χ4n) is 1.89. The van der Waals surface area contributed by atoms with Gasteiger partial charge in [0, 0.05) is 53.5 Å². The second-order valence-corrected chi connectivity index (χ2v) is 4.14. The number of methoxy groups -OCH3 is 1. The maximum Gasteiger partial charge on any atom is 0.233 e. The number of nitrogens with one attached hydrogen (secondary N) is 1. The molecule has 1 aliphatic heterocycles. The van der Waals surface area contributed by atoms with E-state index in [9.17, 15) is 4.79 Å². The second-order valence-electron chi connectivity index (χ2n) is 4.14. The molecule has 0 unspecified atom stereocenters. The van der Waals surface area contributed by atoms with Crippen molar-refractivity contribution in [2.45, 2.75) is 34.1 Å². The Balaban J connectivity index is 0. The van der Waals surface area contributed by atoms with Crippen LogP contribution in [-0.4, -0.2) is 75.7 Å². The first-order valence-electron chi connectivity index (χ1n) is 7.90. The largest absolute Gasteiger partial charge is 0.385 e. The van der Waals surface area contributed by atoms with E-state index in [-0.39, 0.29) is 5.91 Å². The molecular formula is C15H35N3O2. The zero-order valence-electron chi connectivity index (χ0n) is 14.4. The maximum absolute atomic E-state index is 11.2. The summed E-state index contributed by atoms with van der Waals surface area (Å²) in [5.41, 5.74) is 0. The number of piperazine rings is 1. The summed E-state index contributed by atoms with van der Waals surface area (Å²) in [6.45, 7) is 14.5. The van der Waals surface area contributed by atoms with Crippen molar-refractivity contribution < 1.29 is 9.53 Å². The molecule has 0 bridgehead atoms. The third kappa shape index (κ3) is 11.2. The van der Waals surface area contributed by atoms with Crippen molar-refractivity contribution in [3.8, 4) is 0 Å². The van der Waals surface area contributed by atoms with E-state index in [4.69, 9.17) is 4.74 Å². The van der Waals surface area contributed by atoms with Crippen molar-refractivity contribution >= 4 is 5.91 Å². The molecule has 1 N–H and O–H groups in total. The number of hydrogen-bond acceptors (Lipinski definition) is 4. The first-order chi connectivity index (χ1) is 9.76. The van der Waals surface area contributed by atoms with Crippen LogP contribution in [0.4, 0.5) is 0 Å². The number of ether oxygens (including phenoxy) is 1. The van der Waals surface area contributed by atoms with Crippen LogP contribution in [-0.2, 0) is 9.53 Å². The van der Waals surface area contributed by atoms with Gasteiger partial charge in [-0.1, -0.05) is 27.7 Å². The van der Waals surface area contributed by atoms with Gasteiger partial charge in [0.25, 0.3) is 0 Å². The van der Waals surface area contributed by atoms with Crippen LogP contribution in [0.2, 0.25) is 0 Å². The van der Waals surface area contributed by atoms with Crippen LogP contribution >= 0.6 is 0 Å². The third-order valence-corrected chi connectivity index (χ3v) is 2.93. The van der Waals surface area contributed by atoms with Crippen LogP contribution in [0.1, 0.15) is 34.1 Å². The molecule has 122 valence electrons. The zero-order valence-corrected chi connectivity index (χ0v) is 14.4. The first-order valence-corrected chi connectivity index (χ1v) is 7.90. The molecule has 5 nitrogen and oxygen atoms in total. The van der Waals surface area contributed by atoms with Crippen LogP contribution in [0.3, 0.4) is 0 Å². The van der Waals surface area contributed by atoms with Gasteiger partial charge >= 0.3 is 0 Å². The van der Waals surface area contributed by atoms with Gasteiger partial charge in [-0.2, -0.15) is 0 Å². The highest BCUT2D eigenvalue weighted by Gasteiger charge is 2.17. The number of carbonyl (C=O) groups is 1. The number of hydrogen-bond donors (Lipinski definition) is 1. The fourth-order valence-corrected chi connectivity index (χ4v) is 1.89. The fraction of sp³-hybridized carbons (Fsp3) is 0.933. The molecule has 20 heavy (non-hydrogen) atoms. The molecule has 0 radical (unpaired) electrons. The van der Waals surface area contributed by atoms with Gasteiger partial charge in [0.2, 0.25) is 5.91 Å². The quantitative estimate of drug-likeness (QED) is 0.752. The van der Waals surface area contributed by atoms with Crippen LogP contribution in [0.5, 0.6) is 0 Å². The molecule has 0 aliphatic carbocycles. The van der Waals surface area contributed by atoms with Crippen LogP contribution < -0.4 is 5.32 Å². The lowest BCUT2D eigenvalue weighted by molar-refractivity contribution is -0.122. The summed E-state index contributed by atoms with van der Waals surface area (Å²) in [7, 11) is 3.42. The summed E-state index contributed by atoms with van der Waals surface area (Å²) in [5.74, 6) is 0.104. The van der Waals surface area contributed by atoms with Crippen molar-refractivity contribution in [2.75, 3.05) is 60.0 Å². The first kappa shape index (κ1) is 21.6. The molecule has 0 spiro atoms. The van der Waals surface area contributed by atoms with Crippen molar-refractivity contribution in [3.63, 3.8) is 0 Å². The number of amides is 1. The lowest BCUT2D eigenvalue weighted by Crippen LogP contribution is -2.49. The topological polar surface area (TPSA) is 44.8 Å². The SMILES string of the molecule is CC.CC.CNC(=O)CN1CCN(CCCOC)CC1. The summed E-state index contributed by atoms with van der Waals surface area (Å²) in [5, 5.41) is 2.65. The lowest BCUT2D eigenvalue weighted by atomic mass is 10.3. The average Bonchev–Trinajstić information content (AvgIpc) is 2.53. The predicted octanol–water partition coefficient (Wildman–Crippen LogP) is 1.44. The van der Waals surface area contributed by atoms with E-state index in [0.717, 1.165) is 45.8 Å². The smallest absolute Gasteiger partial charge is 0.233 e. The van der Waals surface area contributed by atoms with Gasteiger partial charge in [-0.15, -0.1) is 0 Å². The highest BCUT2D eigenvalue weighted by atomic mass is 16.5. The lowest BCUT2D eigenvalue weighted by Gasteiger charge is -2.34. The summed E-state index contributed by atoms with van der Waals surface area (Å²) >= 11 is 0. The molecule has 1 rings (SSSR count). The van der Waals surface area contributed by atoms with E-state index in [1.54, 1.807) is 14.2 Å². The monoisotopic (exact) mass is 289 g/mol. The number of carbonyl (C=O) groups excluding carboxylic acids is 1. The van der Waals surface area contributed by atoms with E-state index < -0.39 is 0 Å². The summed E-state index contributed by atoms with van der Waals surface area (Å²) in [4.78, 5) is 15.8. The van der Waals surface area contributed by atoms with Gasteiger partial charge < -0.3 is 15.0 Å². The molecule has 0 atom stereocenters. The van der Waals surface area contributed by atoms with E-state index in [1.807, 2.05) is 27.7 Å². The van der Waals surface area contributed by atoms with E-state index >= 15 is 0 Å². The second kappa shape index (κ2) is 16.4. The Morgan fingerprint density at radius 2 is 1.55 bits per heavy atom. The molecule has 0 aromatic heterocycles. The van der Waals surface area contributed by atoms with Crippen LogP contribution in [0.15, 0.2) is 0 Å². The standard InChI is InChI=1S/C11H23N3O2.2C2H6/c1-12-11(15)10-14-7-5-13(6-8-14)4-3-9-16-2;2*1-2/h3-10H2,1-2H3,(H,12,15);2*1-2H3. The maximum atomic E-state index is 11.2. The van der Waals surface area contributed by atoms with E-state index in [0.29, 0.717) is 6.54 Å². The minimum Gasteiger partial charge on any atom is -0.385 e. The van der Waals surface area contributed by atoms with Gasteiger partial charge in [0.1, 0.15) is 0 Å². The molecule has 0 saturated carbocycles. The van der Waals surface area contributed by atoms with Crippen LogP contribution in [0.25, 0.3) is 0 Å².